The molecule has 0 unspecified atom stereocenters. The second kappa shape index (κ2) is 5.92. The van der Waals surface area contributed by atoms with Gasteiger partial charge in [-0.25, -0.2) is 4.39 Å². The summed E-state index contributed by atoms with van der Waals surface area (Å²) in [5.74, 6) is -0.579. The van der Waals surface area contributed by atoms with E-state index in [4.69, 9.17) is 23.2 Å². The third-order valence-electron chi connectivity index (χ3n) is 2.85. The number of benzene rings is 1. The maximum absolute atomic E-state index is 13.3. The highest BCUT2D eigenvalue weighted by molar-refractivity contribution is 7.12. The molecule has 0 fully saturated rings. The van der Waals surface area contributed by atoms with Crippen molar-refractivity contribution in [1.82, 2.24) is 0 Å². The number of thiophene rings is 1. The summed E-state index contributed by atoms with van der Waals surface area (Å²) < 4.78 is 13.3. The molecule has 0 amide bonds. The van der Waals surface area contributed by atoms with Crippen LogP contribution in [0, 0.1) is 5.82 Å². The molecule has 0 saturated heterocycles. The molecule has 0 aliphatic heterocycles. The molecule has 5 heteroatoms. The predicted molar refractivity (Wildman–Crippen MR) is 86.8 cm³/mol. The molecule has 0 atom stereocenters. The van der Waals surface area contributed by atoms with Gasteiger partial charge < -0.3 is 5.32 Å². The van der Waals surface area contributed by atoms with Gasteiger partial charge in [0.15, 0.2) is 5.82 Å². The highest BCUT2D eigenvalue weighted by Gasteiger charge is 2.16. The summed E-state index contributed by atoms with van der Waals surface area (Å²) in [5.41, 5.74) is 0.873. The topological polar surface area (TPSA) is 12.0 Å². The molecule has 0 spiro atoms. The Bertz CT molecular complexity index is 594. The van der Waals surface area contributed by atoms with E-state index in [9.17, 15) is 4.39 Å². The zero-order valence-corrected chi connectivity index (χ0v) is 13.9. The lowest BCUT2D eigenvalue weighted by atomic mass is 9.95. The standard InChI is InChI=1S/C15H16Cl2FNS/c1-15(2,3)13-5-4-10(20-13)8-19-9-6-11(16)14(18)12(17)7-9/h4-7,19H,8H2,1-3H3. The molecule has 0 aliphatic rings. The Morgan fingerprint density at radius 2 is 1.75 bits per heavy atom. The Morgan fingerprint density at radius 1 is 1.15 bits per heavy atom. The SMILES string of the molecule is CC(C)(C)c1ccc(CNc2cc(Cl)c(F)c(Cl)c2)s1. The zero-order valence-electron chi connectivity index (χ0n) is 11.6. The van der Waals surface area contributed by atoms with Gasteiger partial charge in [0, 0.05) is 22.0 Å². The van der Waals surface area contributed by atoms with Crippen LogP contribution in [0.15, 0.2) is 24.3 Å². The first kappa shape index (κ1) is 15.6. The quantitative estimate of drug-likeness (QED) is 0.669. The van der Waals surface area contributed by atoms with Crippen molar-refractivity contribution in [2.75, 3.05) is 5.32 Å². The number of hydrogen-bond donors (Lipinski definition) is 1. The van der Waals surface area contributed by atoms with Crippen LogP contribution in [0.5, 0.6) is 0 Å². The number of nitrogens with one attached hydrogen (secondary N) is 1. The summed E-state index contributed by atoms with van der Waals surface area (Å²) in [7, 11) is 0. The average Bonchev–Trinajstić information content (AvgIpc) is 2.82. The van der Waals surface area contributed by atoms with Gasteiger partial charge in [0.05, 0.1) is 10.0 Å². The van der Waals surface area contributed by atoms with Crippen LogP contribution in [0.25, 0.3) is 0 Å². The second-order valence-electron chi connectivity index (χ2n) is 5.62. The summed E-state index contributed by atoms with van der Waals surface area (Å²) in [6, 6.07) is 7.33. The summed E-state index contributed by atoms with van der Waals surface area (Å²) >= 11 is 13.3. The van der Waals surface area contributed by atoms with E-state index in [0.29, 0.717) is 12.2 Å². The smallest absolute Gasteiger partial charge is 0.160 e. The normalized spacial score (nSPS) is 11.7. The van der Waals surface area contributed by atoms with E-state index in [2.05, 4.69) is 38.2 Å². The van der Waals surface area contributed by atoms with Gasteiger partial charge in [0.1, 0.15) is 0 Å². The van der Waals surface area contributed by atoms with Gasteiger partial charge >= 0.3 is 0 Å². The fraction of sp³-hybridized carbons (Fsp3) is 0.333. The molecule has 0 radical (unpaired) electrons. The Morgan fingerprint density at radius 3 is 2.25 bits per heavy atom. The first-order valence-electron chi connectivity index (χ1n) is 6.25. The highest BCUT2D eigenvalue weighted by atomic mass is 35.5. The van der Waals surface area contributed by atoms with Crippen LogP contribution in [-0.2, 0) is 12.0 Å². The van der Waals surface area contributed by atoms with Gasteiger partial charge in [0.2, 0.25) is 0 Å². The molecule has 0 bridgehead atoms. The van der Waals surface area contributed by atoms with Crippen molar-refractivity contribution >= 4 is 40.2 Å². The number of rotatable bonds is 3. The van der Waals surface area contributed by atoms with Crippen molar-refractivity contribution in [2.45, 2.75) is 32.7 Å². The van der Waals surface area contributed by atoms with E-state index in [0.717, 1.165) is 0 Å². The molecular formula is C15H16Cl2FNS. The maximum Gasteiger partial charge on any atom is 0.160 e. The van der Waals surface area contributed by atoms with Gasteiger partial charge in [-0.2, -0.15) is 0 Å². The Balaban J connectivity index is 2.08. The van der Waals surface area contributed by atoms with E-state index in [-0.39, 0.29) is 15.5 Å². The molecule has 0 saturated carbocycles. The Hall–Kier alpha value is -0.770. The third kappa shape index (κ3) is 3.66. The summed E-state index contributed by atoms with van der Waals surface area (Å²) in [6.45, 7) is 7.24. The van der Waals surface area contributed by atoms with Gasteiger partial charge in [-0.1, -0.05) is 44.0 Å². The van der Waals surface area contributed by atoms with Gasteiger partial charge in [-0.05, 0) is 29.7 Å². The Kier molecular flexibility index (Phi) is 4.62. The van der Waals surface area contributed by atoms with Crippen LogP contribution in [0.1, 0.15) is 30.5 Å². The maximum atomic E-state index is 13.3. The molecular weight excluding hydrogens is 316 g/mol. The fourth-order valence-electron chi connectivity index (χ4n) is 1.72. The largest absolute Gasteiger partial charge is 0.380 e. The summed E-state index contributed by atoms with van der Waals surface area (Å²) in [6.07, 6.45) is 0. The number of anilines is 1. The molecule has 1 aromatic heterocycles. The van der Waals surface area contributed by atoms with Crippen LogP contribution in [0.3, 0.4) is 0 Å². The van der Waals surface area contributed by atoms with Crippen LogP contribution in [0.2, 0.25) is 10.0 Å². The minimum atomic E-state index is -0.579. The lowest BCUT2D eigenvalue weighted by Crippen LogP contribution is -2.07. The van der Waals surface area contributed by atoms with Crippen LogP contribution in [-0.4, -0.2) is 0 Å². The molecule has 1 heterocycles. The highest BCUT2D eigenvalue weighted by Crippen LogP contribution is 2.31. The van der Waals surface area contributed by atoms with E-state index >= 15 is 0 Å². The molecule has 1 aromatic carbocycles. The lowest BCUT2D eigenvalue weighted by Gasteiger charge is -2.15. The summed E-state index contributed by atoms with van der Waals surface area (Å²) in [4.78, 5) is 2.55. The van der Waals surface area contributed by atoms with E-state index in [1.165, 1.54) is 9.75 Å². The summed E-state index contributed by atoms with van der Waals surface area (Å²) in [5, 5.41) is 3.27. The first-order valence-corrected chi connectivity index (χ1v) is 7.82. The van der Waals surface area contributed by atoms with Crippen LogP contribution in [0.4, 0.5) is 10.1 Å². The molecule has 108 valence electrons. The lowest BCUT2D eigenvalue weighted by molar-refractivity contribution is 0.604. The fourth-order valence-corrected chi connectivity index (χ4v) is 3.21. The number of hydrogen-bond acceptors (Lipinski definition) is 2. The van der Waals surface area contributed by atoms with E-state index in [1.807, 2.05) is 0 Å². The minimum Gasteiger partial charge on any atom is -0.380 e. The van der Waals surface area contributed by atoms with Crippen molar-refractivity contribution in [3.63, 3.8) is 0 Å². The average molecular weight is 332 g/mol. The van der Waals surface area contributed by atoms with Crippen molar-refractivity contribution in [3.05, 3.63) is 49.9 Å². The van der Waals surface area contributed by atoms with Crippen molar-refractivity contribution in [3.8, 4) is 0 Å². The van der Waals surface area contributed by atoms with Crippen molar-refractivity contribution in [2.24, 2.45) is 0 Å². The molecule has 2 aromatic rings. The molecule has 1 N–H and O–H groups in total. The molecule has 1 nitrogen and oxygen atoms in total. The monoisotopic (exact) mass is 331 g/mol. The van der Waals surface area contributed by atoms with Gasteiger partial charge in [0.25, 0.3) is 0 Å². The van der Waals surface area contributed by atoms with Crippen LogP contribution < -0.4 is 5.32 Å². The third-order valence-corrected chi connectivity index (χ3v) is 4.91. The van der Waals surface area contributed by atoms with Gasteiger partial charge in [-0.3, -0.25) is 0 Å². The Labute approximate surface area is 132 Å². The molecule has 2 rings (SSSR count). The van der Waals surface area contributed by atoms with Crippen LogP contribution >= 0.6 is 34.5 Å². The van der Waals surface area contributed by atoms with Gasteiger partial charge in [-0.15, -0.1) is 11.3 Å². The van der Waals surface area contributed by atoms with Crippen molar-refractivity contribution < 1.29 is 4.39 Å². The zero-order chi connectivity index (χ0) is 14.9. The van der Waals surface area contributed by atoms with E-state index in [1.54, 1.807) is 23.5 Å². The first-order chi connectivity index (χ1) is 9.27. The predicted octanol–water partition coefficient (Wildman–Crippen LogP) is 6.10. The second-order valence-corrected chi connectivity index (χ2v) is 7.61. The number of halogens is 3. The van der Waals surface area contributed by atoms with Crippen molar-refractivity contribution in [1.29, 1.82) is 0 Å². The molecule has 0 aliphatic carbocycles. The van der Waals surface area contributed by atoms with E-state index < -0.39 is 5.82 Å². The molecule has 20 heavy (non-hydrogen) atoms. The minimum absolute atomic E-state index is 0.0292.